The van der Waals surface area contributed by atoms with E-state index in [9.17, 15) is 23.3 Å². The molecular formula is C8H4BrF3INO2. The van der Waals surface area contributed by atoms with Crippen LogP contribution in [0, 0.1) is 13.7 Å². The Hall–Kier alpha value is -0.380. The first-order valence-electron chi connectivity index (χ1n) is 3.87. The van der Waals surface area contributed by atoms with Crippen molar-refractivity contribution < 1.29 is 18.1 Å². The van der Waals surface area contributed by atoms with Gasteiger partial charge in [0.15, 0.2) is 0 Å². The van der Waals surface area contributed by atoms with Crippen molar-refractivity contribution in [1.82, 2.24) is 0 Å². The molecule has 0 saturated heterocycles. The zero-order valence-electron chi connectivity index (χ0n) is 7.52. The zero-order valence-corrected chi connectivity index (χ0v) is 11.3. The Morgan fingerprint density at radius 2 is 2.00 bits per heavy atom. The Kier molecular flexibility index (Phi) is 4.16. The molecule has 1 aromatic carbocycles. The van der Waals surface area contributed by atoms with Crippen LogP contribution in [0.1, 0.15) is 11.1 Å². The molecule has 0 unspecified atom stereocenters. The van der Waals surface area contributed by atoms with Crippen molar-refractivity contribution in [2.24, 2.45) is 0 Å². The van der Waals surface area contributed by atoms with Gasteiger partial charge < -0.3 is 0 Å². The average Bonchev–Trinajstić information content (AvgIpc) is 2.15. The van der Waals surface area contributed by atoms with Crippen LogP contribution >= 0.6 is 38.5 Å². The molecule has 0 bridgehead atoms. The number of halogens is 5. The highest BCUT2D eigenvalue weighted by Crippen LogP contribution is 2.36. The second-order valence-electron chi connectivity index (χ2n) is 2.86. The molecule has 8 heteroatoms. The highest BCUT2D eigenvalue weighted by atomic mass is 127. The van der Waals surface area contributed by atoms with Gasteiger partial charge in [0.1, 0.15) is 0 Å². The molecule has 0 radical (unpaired) electrons. The maximum absolute atomic E-state index is 12.4. The monoisotopic (exact) mass is 409 g/mol. The second-order valence-corrected chi connectivity index (χ2v) is 4.50. The smallest absolute Gasteiger partial charge is 0.258 e. The number of rotatable bonds is 2. The summed E-state index contributed by atoms with van der Waals surface area (Å²) in [7, 11) is 0. The SMILES string of the molecule is O=[N+]([O-])c1cc(C(F)(F)F)cc(CBr)c1I. The highest BCUT2D eigenvalue weighted by Gasteiger charge is 2.33. The minimum atomic E-state index is -4.58. The Bertz CT molecular complexity index is 436. The van der Waals surface area contributed by atoms with E-state index in [0.717, 1.165) is 6.07 Å². The maximum Gasteiger partial charge on any atom is 0.416 e. The molecule has 0 fully saturated rings. The van der Waals surface area contributed by atoms with Gasteiger partial charge in [0.25, 0.3) is 5.69 Å². The summed E-state index contributed by atoms with van der Waals surface area (Å²) in [5, 5.41) is 10.7. The molecule has 0 aliphatic heterocycles. The van der Waals surface area contributed by atoms with E-state index in [4.69, 9.17) is 0 Å². The number of nitrogens with zero attached hydrogens (tertiary/aromatic N) is 1. The van der Waals surface area contributed by atoms with Crippen molar-refractivity contribution in [1.29, 1.82) is 0 Å². The van der Waals surface area contributed by atoms with Crippen LogP contribution < -0.4 is 0 Å². The second kappa shape index (κ2) is 4.86. The van der Waals surface area contributed by atoms with Crippen molar-refractivity contribution in [2.75, 3.05) is 0 Å². The summed E-state index contributed by atoms with van der Waals surface area (Å²) in [6.07, 6.45) is -4.58. The minimum absolute atomic E-state index is 0.135. The lowest BCUT2D eigenvalue weighted by Crippen LogP contribution is -2.08. The van der Waals surface area contributed by atoms with Crippen LogP contribution in [0.2, 0.25) is 0 Å². The van der Waals surface area contributed by atoms with E-state index in [2.05, 4.69) is 15.9 Å². The summed E-state index contributed by atoms with van der Waals surface area (Å²) in [5.74, 6) is 0. The largest absolute Gasteiger partial charge is 0.416 e. The minimum Gasteiger partial charge on any atom is -0.258 e. The summed E-state index contributed by atoms with van der Waals surface area (Å²) < 4.78 is 37.5. The lowest BCUT2D eigenvalue weighted by molar-refractivity contribution is -0.386. The molecule has 1 aromatic rings. The molecule has 0 amide bonds. The van der Waals surface area contributed by atoms with E-state index in [1.807, 2.05) is 0 Å². The van der Waals surface area contributed by atoms with Crippen LogP contribution in [0.25, 0.3) is 0 Å². The first kappa shape index (κ1) is 13.7. The van der Waals surface area contributed by atoms with Crippen LogP contribution in [-0.2, 0) is 11.5 Å². The molecule has 16 heavy (non-hydrogen) atoms. The van der Waals surface area contributed by atoms with Gasteiger partial charge >= 0.3 is 6.18 Å². The van der Waals surface area contributed by atoms with Gasteiger partial charge in [-0.1, -0.05) is 15.9 Å². The van der Waals surface area contributed by atoms with Crippen molar-refractivity contribution in [2.45, 2.75) is 11.5 Å². The Morgan fingerprint density at radius 1 is 1.44 bits per heavy atom. The molecule has 0 N–H and O–H groups in total. The van der Waals surface area contributed by atoms with Gasteiger partial charge in [-0.25, -0.2) is 0 Å². The molecule has 3 nitrogen and oxygen atoms in total. The maximum atomic E-state index is 12.4. The van der Waals surface area contributed by atoms with Crippen LogP contribution in [0.15, 0.2) is 12.1 Å². The summed E-state index contributed by atoms with van der Waals surface area (Å²) in [6, 6.07) is 1.46. The van der Waals surface area contributed by atoms with Gasteiger partial charge in [-0.15, -0.1) is 0 Å². The van der Waals surface area contributed by atoms with Crippen molar-refractivity contribution in [3.8, 4) is 0 Å². The number of nitro benzene ring substituents is 1. The number of hydrogen-bond acceptors (Lipinski definition) is 2. The topological polar surface area (TPSA) is 43.1 Å². The number of nitro groups is 1. The fourth-order valence-corrected chi connectivity index (χ4v) is 2.73. The molecule has 0 atom stereocenters. The lowest BCUT2D eigenvalue weighted by Gasteiger charge is -2.09. The van der Waals surface area contributed by atoms with Crippen LogP contribution in [0.3, 0.4) is 0 Å². The van der Waals surface area contributed by atoms with Crippen molar-refractivity contribution >= 4 is 44.2 Å². The predicted molar refractivity (Wildman–Crippen MR) is 63.4 cm³/mol. The summed E-state index contributed by atoms with van der Waals surface area (Å²) in [5.41, 5.74) is -1.28. The standard InChI is InChI=1S/C8H4BrF3INO2/c9-3-4-1-5(8(10,11)12)2-6(7(4)13)14(15)16/h1-2H,3H2. The third-order valence-electron chi connectivity index (χ3n) is 1.80. The van der Waals surface area contributed by atoms with Gasteiger partial charge in [-0.05, 0) is 34.2 Å². The van der Waals surface area contributed by atoms with E-state index in [1.165, 1.54) is 0 Å². The van der Waals surface area contributed by atoms with Gasteiger partial charge in [-0.2, -0.15) is 13.2 Å². The summed E-state index contributed by atoms with van der Waals surface area (Å²) in [6.45, 7) is 0. The van der Waals surface area contributed by atoms with Gasteiger partial charge in [0.05, 0.1) is 14.1 Å². The van der Waals surface area contributed by atoms with E-state index >= 15 is 0 Å². The molecule has 0 spiro atoms. The summed E-state index contributed by atoms with van der Waals surface area (Å²) >= 11 is 4.66. The van der Waals surface area contributed by atoms with E-state index in [0.29, 0.717) is 6.07 Å². The normalized spacial score (nSPS) is 11.6. The molecular weight excluding hydrogens is 406 g/mol. The van der Waals surface area contributed by atoms with Crippen LogP contribution in [-0.4, -0.2) is 4.92 Å². The molecule has 88 valence electrons. The van der Waals surface area contributed by atoms with Gasteiger partial charge in [0, 0.05) is 11.4 Å². The quantitative estimate of drug-likeness (QED) is 0.319. The molecule has 0 heterocycles. The van der Waals surface area contributed by atoms with E-state index in [-0.39, 0.29) is 14.5 Å². The van der Waals surface area contributed by atoms with E-state index < -0.39 is 22.4 Å². The van der Waals surface area contributed by atoms with Gasteiger partial charge in [-0.3, -0.25) is 10.1 Å². The summed E-state index contributed by atoms with van der Waals surface area (Å²) in [4.78, 5) is 9.77. The molecule has 0 aliphatic rings. The third kappa shape index (κ3) is 2.84. The molecule has 0 aromatic heterocycles. The number of alkyl halides is 4. The fourth-order valence-electron chi connectivity index (χ4n) is 1.06. The third-order valence-corrected chi connectivity index (χ3v) is 3.65. The molecule has 1 rings (SSSR count). The predicted octanol–water partition coefficient (Wildman–Crippen LogP) is 4.11. The molecule has 0 saturated carbocycles. The number of benzene rings is 1. The molecule has 0 aliphatic carbocycles. The fraction of sp³-hybridized carbons (Fsp3) is 0.250. The van der Waals surface area contributed by atoms with Crippen LogP contribution in [0.5, 0.6) is 0 Å². The van der Waals surface area contributed by atoms with Crippen molar-refractivity contribution in [3.05, 3.63) is 36.9 Å². The first-order valence-corrected chi connectivity index (χ1v) is 6.07. The number of hydrogen-bond donors (Lipinski definition) is 0. The Morgan fingerprint density at radius 3 is 2.38 bits per heavy atom. The van der Waals surface area contributed by atoms with E-state index in [1.54, 1.807) is 22.6 Å². The Labute approximate surface area is 110 Å². The first-order chi connectivity index (χ1) is 7.27. The average molecular weight is 410 g/mol. The highest BCUT2D eigenvalue weighted by molar-refractivity contribution is 14.1. The zero-order chi connectivity index (χ0) is 12.5. The van der Waals surface area contributed by atoms with Gasteiger partial charge in [0.2, 0.25) is 0 Å². The lowest BCUT2D eigenvalue weighted by atomic mass is 10.1. The van der Waals surface area contributed by atoms with Crippen LogP contribution in [0.4, 0.5) is 18.9 Å². The Balaban J connectivity index is 3.46. The van der Waals surface area contributed by atoms with Crippen molar-refractivity contribution in [3.63, 3.8) is 0 Å².